The third-order valence-corrected chi connectivity index (χ3v) is 6.00. The molecule has 0 aliphatic heterocycles. The van der Waals surface area contributed by atoms with E-state index in [2.05, 4.69) is 17.9 Å². The summed E-state index contributed by atoms with van der Waals surface area (Å²) in [6.45, 7) is 3.87. The van der Waals surface area contributed by atoms with Crippen molar-refractivity contribution in [3.05, 3.63) is 86.0 Å². The second-order valence-corrected chi connectivity index (χ2v) is 11.2. The molecule has 65 heavy (non-hydrogen) atoms. The fraction of sp³-hybridized carbons (Fsp3) is 0.438. The fourth-order valence-electron chi connectivity index (χ4n) is 3.36. The Morgan fingerprint density at radius 1 is 0.538 bits per heavy atom. The monoisotopic (exact) mass is 1010 g/mol. The van der Waals surface area contributed by atoms with Crippen LogP contribution < -0.4 is 9.80 Å². The Hall–Kier alpha value is -5.02. The first-order chi connectivity index (χ1) is 29.2. The van der Waals surface area contributed by atoms with Gasteiger partial charge < -0.3 is 9.64 Å². The fourth-order valence-corrected chi connectivity index (χ4v) is 3.36. The molecule has 0 heterocycles. The van der Waals surface area contributed by atoms with Gasteiger partial charge in [-0.15, -0.1) is 27.4 Å². The second-order valence-electron chi connectivity index (χ2n) is 11.2. The Bertz CT molecular complexity index is 1730. The van der Waals surface area contributed by atoms with Crippen LogP contribution in [0.4, 0.5) is 122 Å². The first kappa shape index (κ1) is 62.1. The van der Waals surface area contributed by atoms with Crippen molar-refractivity contribution < 1.29 is 140 Å². The van der Waals surface area contributed by atoms with Gasteiger partial charge in [0.1, 0.15) is 19.4 Å². The first-order valence-corrected chi connectivity index (χ1v) is 15.8. The predicted octanol–water partition coefficient (Wildman–Crippen LogP) is 12.8. The molecule has 0 aliphatic rings. The molecule has 2 aromatic carbocycles. The number of para-hydroxylation sites is 2. The van der Waals surface area contributed by atoms with Crippen LogP contribution in [0, 0.1) is 0 Å². The van der Waals surface area contributed by atoms with Gasteiger partial charge >= 0.3 is 61.2 Å². The molecule has 0 aromatic heterocycles. The van der Waals surface area contributed by atoms with Gasteiger partial charge in [-0.25, -0.2) is 4.79 Å². The Balaban J connectivity index is 0. The summed E-state index contributed by atoms with van der Waals surface area (Å²) in [5.41, 5.74) is 0.969. The van der Waals surface area contributed by atoms with Crippen LogP contribution in [0.5, 0.6) is 0 Å². The van der Waals surface area contributed by atoms with Crippen molar-refractivity contribution in [2.24, 2.45) is 0 Å². The SMILES string of the molecule is C=CCN(C(=O)CC(F)(F)F)c1ccccc1.C=CCN(C(=O)F)c1ccccc1.FOC(F)(F)C(F)(F)OOC(F)(C(F)(F)F)C(F)(F)OCC(F)(F)F.FOC(F)(F)CC(F)(F)F. The molecule has 33 heteroatoms. The van der Waals surface area contributed by atoms with Crippen molar-refractivity contribution in [1.29, 1.82) is 0 Å². The molecule has 0 saturated carbocycles. The van der Waals surface area contributed by atoms with Gasteiger partial charge in [-0.3, -0.25) is 9.69 Å². The number of carbonyl (C=O) groups is 2. The van der Waals surface area contributed by atoms with E-state index in [0.717, 1.165) is 9.80 Å². The molecule has 374 valence electrons. The highest BCUT2D eigenvalue weighted by molar-refractivity contribution is 5.94. The molecule has 2 rings (SSSR count). The molecule has 0 saturated heterocycles. The maximum atomic E-state index is 13.2. The molecule has 0 N–H and O–H groups in total. The zero-order valence-corrected chi connectivity index (χ0v) is 31.2. The van der Waals surface area contributed by atoms with E-state index in [4.69, 9.17) is 0 Å². The average molecular weight is 1010 g/mol. The van der Waals surface area contributed by atoms with Gasteiger partial charge in [0.2, 0.25) is 5.91 Å². The van der Waals surface area contributed by atoms with Crippen molar-refractivity contribution in [2.75, 3.05) is 29.5 Å². The number of anilines is 2. The van der Waals surface area contributed by atoms with Gasteiger partial charge in [-0.1, -0.05) is 48.6 Å². The number of nitrogens with zero attached hydrogens (tertiary/aromatic N) is 2. The summed E-state index contributed by atoms with van der Waals surface area (Å²) >= 11 is 0. The Kier molecular flexibility index (Phi) is 23.9. The predicted molar refractivity (Wildman–Crippen MR) is 169 cm³/mol. The highest BCUT2D eigenvalue weighted by Gasteiger charge is 2.78. The summed E-state index contributed by atoms with van der Waals surface area (Å²) in [6, 6.07) is 16.8. The van der Waals surface area contributed by atoms with Crippen LogP contribution in [0.1, 0.15) is 12.8 Å². The minimum atomic E-state index is -7.16. The van der Waals surface area contributed by atoms with Crippen molar-refractivity contribution in [3.63, 3.8) is 0 Å². The molecule has 0 aliphatic carbocycles. The third kappa shape index (κ3) is 23.1. The van der Waals surface area contributed by atoms with Gasteiger partial charge in [-0.05, 0) is 33.3 Å². The van der Waals surface area contributed by atoms with E-state index in [-0.39, 0.29) is 13.1 Å². The normalized spacial score (nSPS) is 13.6. The Morgan fingerprint density at radius 3 is 1.26 bits per heavy atom. The zero-order chi connectivity index (χ0) is 51.5. The molecule has 0 bridgehead atoms. The maximum absolute atomic E-state index is 13.2. The third-order valence-electron chi connectivity index (χ3n) is 6.00. The molecule has 1 atom stereocenters. The van der Waals surface area contributed by atoms with Crippen molar-refractivity contribution in [1.82, 2.24) is 0 Å². The topological polar surface area (TPSA) is 86.8 Å². The highest BCUT2D eigenvalue weighted by Crippen LogP contribution is 2.49. The molecule has 0 radical (unpaired) electrons. The van der Waals surface area contributed by atoms with Gasteiger partial charge in [-0.2, -0.15) is 102 Å². The number of amides is 2. The number of hydrogen-bond donors (Lipinski definition) is 0. The first-order valence-electron chi connectivity index (χ1n) is 15.8. The van der Waals surface area contributed by atoms with Gasteiger partial charge in [0.15, 0.2) is 0 Å². The van der Waals surface area contributed by atoms with Crippen LogP contribution in [0.2, 0.25) is 0 Å². The van der Waals surface area contributed by atoms with E-state index in [9.17, 15) is 115 Å². The Morgan fingerprint density at radius 2 is 0.954 bits per heavy atom. The lowest BCUT2D eigenvalue weighted by Gasteiger charge is -2.33. The van der Waals surface area contributed by atoms with E-state index in [0.29, 0.717) is 11.4 Å². The minimum absolute atomic E-state index is 0.0545. The van der Waals surface area contributed by atoms with E-state index in [1.54, 1.807) is 65.6 Å². The van der Waals surface area contributed by atoms with Crippen molar-refractivity contribution in [2.45, 2.75) is 67.8 Å². The molecule has 0 fully saturated rings. The van der Waals surface area contributed by atoms with E-state index in [1.165, 1.54) is 17.1 Å². The minimum Gasteiger partial charge on any atom is -0.308 e. The zero-order valence-electron chi connectivity index (χ0n) is 31.2. The highest BCUT2D eigenvalue weighted by atomic mass is 19.4. The van der Waals surface area contributed by atoms with Crippen LogP contribution in [-0.4, -0.2) is 86.8 Å². The van der Waals surface area contributed by atoms with Crippen LogP contribution >= 0.6 is 0 Å². The molecule has 1 unspecified atom stereocenters. The Labute approximate surface area is 347 Å². The number of halogens is 24. The summed E-state index contributed by atoms with van der Waals surface area (Å²) in [7, 11) is 0. The summed E-state index contributed by atoms with van der Waals surface area (Å²) in [5, 5.41) is 0. The molecular formula is C32H26F24N2O7. The van der Waals surface area contributed by atoms with Crippen LogP contribution in [0.15, 0.2) is 86.0 Å². The van der Waals surface area contributed by atoms with Crippen LogP contribution in [0.3, 0.4) is 0 Å². The van der Waals surface area contributed by atoms with Gasteiger partial charge in [0.05, 0.1) is 0 Å². The molecule has 2 amide bonds. The summed E-state index contributed by atoms with van der Waals surface area (Å²) < 4.78 is 288. The summed E-state index contributed by atoms with van der Waals surface area (Å²) in [6.07, 6.45) is -49.8. The lowest BCUT2D eigenvalue weighted by atomic mass is 10.2. The molecule has 9 nitrogen and oxygen atoms in total. The van der Waals surface area contributed by atoms with Crippen LogP contribution in [-0.2, 0) is 29.2 Å². The number of rotatable bonds is 17. The standard InChI is InChI=1S/C12H12F3NO.C10H10FNO.C7H2F14O4.C3H2F6O/c1-2-8-16(10-6-4-3-5-7-10)11(17)9-12(13,14)15;1-2-8-12(10(11)13)9-6-4-3-5-7-9;8-2(9,10)1-22-5(15,16)3(11,4(12,13)14)24-25-7(19,20)6(17,18)23-21;4-2(5,6)1-3(7,8)10-9/h2-7H,1,8-9H2;2-7H,1,8H2;1H2;1H2. The number of hydrogen-bond acceptors (Lipinski definition) is 7. The number of benzene rings is 2. The number of ether oxygens (including phenoxy) is 1. The van der Waals surface area contributed by atoms with E-state index < -0.39 is 86.5 Å². The summed E-state index contributed by atoms with van der Waals surface area (Å²) in [4.78, 5) is 30.8. The summed E-state index contributed by atoms with van der Waals surface area (Å²) in [5.74, 6) is -7.93. The molecular weight excluding hydrogens is 980 g/mol. The smallest absolute Gasteiger partial charge is 0.308 e. The quantitative estimate of drug-likeness (QED) is 0.0390. The average Bonchev–Trinajstić information content (AvgIpc) is 3.16. The molecule has 2 aromatic rings. The molecule has 0 spiro atoms. The maximum Gasteiger partial charge on any atom is 0.480 e. The van der Waals surface area contributed by atoms with Gasteiger partial charge in [0, 0.05) is 24.5 Å². The number of carbonyl (C=O) groups excluding carboxylic acids is 2. The lowest BCUT2D eigenvalue weighted by Crippen LogP contribution is -2.60. The lowest BCUT2D eigenvalue weighted by molar-refractivity contribution is -0.614. The van der Waals surface area contributed by atoms with Gasteiger partial charge in [0.25, 0.3) is 0 Å². The van der Waals surface area contributed by atoms with E-state index >= 15 is 0 Å². The largest absolute Gasteiger partial charge is 0.480 e. The van der Waals surface area contributed by atoms with Crippen molar-refractivity contribution in [3.8, 4) is 0 Å². The van der Waals surface area contributed by atoms with E-state index in [1.807, 2.05) is 9.78 Å². The van der Waals surface area contributed by atoms with Crippen LogP contribution in [0.25, 0.3) is 0 Å². The second kappa shape index (κ2) is 25.0. The van der Waals surface area contributed by atoms with Crippen molar-refractivity contribution >= 4 is 23.4 Å². The number of alkyl halides is 21.